The van der Waals surface area contributed by atoms with Gasteiger partial charge in [-0.25, -0.2) is 0 Å². The number of ketones is 1. The van der Waals surface area contributed by atoms with Crippen LogP contribution in [0.15, 0.2) is 11.6 Å². The SMILES string of the molecule is COC(=O)[C@]12CC[C@@H](C)[C@H](C)[C@H]1C1=CC(=O)[C@@H]3[C@@]4(C)C[C@@H](O)[C@H](O)[C@@](C)(CO)[C@@H]4CC[C@@]3(C)[C@@]1(C)CC2. The molecule has 0 radical (unpaired) electrons. The summed E-state index contributed by atoms with van der Waals surface area (Å²) in [5, 5.41) is 32.4. The Morgan fingerprint density at radius 3 is 2.35 bits per heavy atom. The Balaban J connectivity index is 1.67. The van der Waals surface area contributed by atoms with Crippen LogP contribution in [0.1, 0.15) is 86.5 Å². The van der Waals surface area contributed by atoms with E-state index in [4.69, 9.17) is 4.74 Å². The molecular formula is C31H48O6. The summed E-state index contributed by atoms with van der Waals surface area (Å²) in [6.45, 7) is 12.9. The van der Waals surface area contributed by atoms with Crippen molar-refractivity contribution in [2.75, 3.05) is 13.7 Å². The second kappa shape index (κ2) is 8.38. The number of carbonyl (C=O) groups excluding carboxylic acids is 2. The van der Waals surface area contributed by atoms with Gasteiger partial charge in [0.05, 0.1) is 31.3 Å². The summed E-state index contributed by atoms with van der Waals surface area (Å²) in [6.07, 6.45) is 5.25. The number of allylic oxidation sites excluding steroid dienone is 2. The fourth-order valence-corrected chi connectivity index (χ4v) is 11.0. The van der Waals surface area contributed by atoms with Gasteiger partial charge in [-0.2, -0.15) is 0 Å². The molecule has 0 aliphatic heterocycles. The van der Waals surface area contributed by atoms with Gasteiger partial charge in [0, 0.05) is 11.3 Å². The zero-order valence-corrected chi connectivity index (χ0v) is 23.8. The first-order valence-electron chi connectivity index (χ1n) is 14.5. The van der Waals surface area contributed by atoms with Crippen LogP contribution in [0.4, 0.5) is 0 Å². The van der Waals surface area contributed by atoms with Crippen molar-refractivity contribution in [3.8, 4) is 0 Å². The van der Waals surface area contributed by atoms with E-state index in [2.05, 4.69) is 34.6 Å². The Morgan fingerprint density at radius 1 is 1.05 bits per heavy atom. The number of rotatable bonds is 2. The number of hydrogen-bond donors (Lipinski definition) is 3. The average molecular weight is 517 g/mol. The fraction of sp³-hybridized carbons (Fsp3) is 0.871. The molecule has 3 N–H and O–H groups in total. The van der Waals surface area contributed by atoms with Crippen molar-refractivity contribution in [2.24, 2.45) is 56.7 Å². The summed E-state index contributed by atoms with van der Waals surface area (Å²) in [6, 6.07) is 0. The van der Waals surface area contributed by atoms with Crippen LogP contribution in [-0.4, -0.2) is 53.0 Å². The molecule has 37 heavy (non-hydrogen) atoms. The summed E-state index contributed by atoms with van der Waals surface area (Å²) in [7, 11) is 1.49. The predicted octanol–water partition coefficient (Wildman–Crippen LogP) is 4.30. The lowest BCUT2D eigenvalue weighted by molar-refractivity contribution is -0.239. The summed E-state index contributed by atoms with van der Waals surface area (Å²) in [4.78, 5) is 27.8. The topological polar surface area (TPSA) is 104 Å². The van der Waals surface area contributed by atoms with Gasteiger partial charge in [-0.05, 0) is 90.9 Å². The molecule has 0 amide bonds. The van der Waals surface area contributed by atoms with E-state index >= 15 is 0 Å². The average Bonchev–Trinajstić information content (AvgIpc) is 2.85. The summed E-state index contributed by atoms with van der Waals surface area (Å²) in [5.41, 5.74) is -1.44. The number of esters is 1. The van der Waals surface area contributed by atoms with Gasteiger partial charge in [-0.15, -0.1) is 0 Å². The van der Waals surface area contributed by atoms with Crippen LogP contribution in [0.2, 0.25) is 0 Å². The molecule has 0 aromatic heterocycles. The largest absolute Gasteiger partial charge is 0.469 e. The number of methoxy groups -OCH3 is 1. The summed E-state index contributed by atoms with van der Waals surface area (Å²) >= 11 is 0. The molecule has 0 spiro atoms. The first-order chi connectivity index (χ1) is 17.2. The standard InChI is InChI=1S/C31H48O6/c1-17-8-11-31(26(36)37-7)13-12-29(5)19(23(31)18(17)2)14-20(33)24-27(3)15-21(34)25(35)28(4,16-32)22(27)9-10-30(24,29)6/h14,17-18,21-25,32,34-35H,8-13,15-16H2,1-7H3/t17-,18+,21-,22-,23+,24-,25+,27+,28+,29+,30-,31+/m1/s1. The minimum absolute atomic E-state index is 0.0174. The van der Waals surface area contributed by atoms with Gasteiger partial charge in [-0.3, -0.25) is 9.59 Å². The van der Waals surface area contributed by atoms with Gasteiger partial charge >= 0.3 is 5.97 Å². The van der Waals surface area contributed by atoms with E-state index in [9.17, 15) is 24.9 Å². The first kappa shape index (κ1) is 27.3. The molecule has 5 aliphatic rings. The Labute approximate surface area is 222 Å². The fourth-order valence-electron chi connectivity index (χ4n) is 11.0. The van der Waals surface area contributed by atoms with Crippen molar-refractivity contribution < 1.29 is 29.6 Å². The maximum atomic E-state index is 14.4. The van der Waals surface area contributed by atoms with Gasteiger partial charge in [0.2, 0.25) is 0 Å². The van der Waals surface area contributed by atoms with Crippen LogP contribution >= 0.6 is 0 Å². The molecule has 6 heteroatoms. The van der Waals surface area contributed by atoms with E-state index < -0.39 is 28.5 Å². The van der Waals surface area contributed by atoms with Crippen LogP contribution in [0, 0.1) is 56.7 Å². The lowest BCUT2D eigenvalue weighted by Gasteiger charge is -2.71. The molecule has 12 atom stereocenters. The number of carbonyl (C=O) groups is 2. The molecule has 5 aliphatic carbocycles. The number of fused-ring (bicyclic) bond motifs is 7. The zero-order chi connectivity index (χ0) is 27.3. The van der Waals surface area contributed by atoms with E-state index in [-0.39, 0.29) is 52.9 Å². The van der Waals surface area contributed by atoms with Crippen LogP contribution in [0.25, 0.3) is 0 Å². The zero-order valence-electron chi connectivity index (χ0n) is 23.8. The quantitative estimate of drug-likeness (QED) is 0.473. The molecule has 4 saturated carbocycles. The monoisotopic (exact) mass is 516 g/mol. The van der Waals surface area contributed by atoms with Crippen molar-refractivity contribution in [3.63, 3.8) is 0 Å². The number of aliphatic hydroxyl groups excluding tert-OH is 3. The van der Waals surface area contributed by atoms with Crippen molar-refractivity contribution >= 4 is 11.8 Å². The van der Waals surface area contributed by atoms with Crippen LogP contribution in [0.3, 0.4) is 0 Å². The molecule has 0 saturated heterocycles. The maximum Gasteiger partial charge on any atom is 0.312 e. The van der Waals surface area contributed by atoms with Crippen molar-refractivity contribution in [3.05, 3.63) is 11.6 Å². The molecule has 208 valence electrons. The molecule has 0 unspecified atom stereocenters. The summed E-state index contributed by atoms with van der Waals surface area (Å²) in [5.74, 6) is 0.284. The lowest BCUT2D eigenvalue weighted by Crippen LogP contribution is -2.70. The lowest BCUT2D eigenvalue weighted by atomic mass is 9.33. The third-order valence-electron chi connectivity index (χ3n) is 13.4. The molecular weight excluding hydrogens is 468 g/mol. The second-order valence-electron chi connectivity index (χ2n) is 14.7. The number of ether oxygens (including phenoxy) is 1. The van der Waals surface area contributed by atoms with Gasteiger partial charge in [-0.1, -0.05) is 47.1 Å². The second-order valence-corrected chi connectivity index (χ2v) is 14.7. The van der Waals surface area contributed by atoms with Gasteiger partial charge < -0.3 is 20.1 Å². The van der Waals surface area contributed by atoms with Crippen LogP contribution in [-0.2, 0) is 14.3 Å². The van der Waals surface area contributed by atoms with Gasteiger partial charge in [0.25, 0.3) is 0 Å². The Morgan fingerprint density at radius 2 is 1.73 bits per heavy atom. The molecule has 0 aromatic rings. The predicted molar refractivity (Wildman–Crippen MR) is 140 cm³/mol. The molecule has 0 bridgehead atoms. The third kappa shape index (κ3) is 3.15. The van der Waals surface area contributed by atoms with E-state index in [0.29, 0.717) is 12.3 Å². The summed E-state index contributed by atoms with van der Waals surface area (Å²) < 4.78 is 5.42. The van der Waals surface area contributed by atoms with Crippen molar-refractivity contribution in [1.29, 1.82) is 0 Å². The molecule has 0 heterocycles. The van der Waals surface area contributed by atoms with Gasteiger partial charge in [0.1, 0.15) is 0 Å². The molecule has 0 aromatic carbocycles. The van der Waals surface area contributed by atoms with E-state index in [1.54, 1.807) is 0 Å². The molecule has 6 nitrogen and oxygen atoms in total. The van der Waals surface area contributed by atoms with E-state index in [0.717, 1.165) is 44.1 Å². The van der Waals surface area contributed by atoms with E-state index in [1.807, 2.05) is 13.0 Å². The highest BCUT2D eigenvalue weighted by Crippen LogP contribution is 2.75. The van der Waals surface area contributed by atoms with Crippen LogP contribution in [0.5, 0.6) is 0 Å². The van der Waals surface area contributed by atoms with Crippen LogP contribution < -0.4 is 0 Å². The molecule has 5 rings (SSSR count). The van der Waals surface area contributed by atoms with E-state index in [1.165, 1.54) is 7.11 Å². The third-order valence-corrected chi connectivity index (χ3v) is 13.4. The molecule has 4 fully saturated rings. The number of hydrogen-bond acceptors (Lipinski definition) is 6. The minimum Gasteiger partial charge on any atom is -0.469 e. The highest BCUT2D eigenvalue weighted by Gasteiger charge is 2.72. The minimum atomic E-state index is -1.01. The number of aliphatic hydroxyl groups is 3. The van der Waals surface area contributed by atoms with Crippen molar-refractivity contribution in [2.45, 2.75) is 98.7 Å². The normalized spacial score (nSPS) is 55.2. The van der Waals surface area contributed by atoms with Crippen molar-refractivity contribution in [1.82, 2.24) is 0 Å². The highest BCUT2D eigenvalue weighted by atomic mass is 16.5. The first-order valence-corrected chi connectivity index (χ1v) is 14.5. The Bertz CT molecular complexity index is 1020. The maximum absolute atomic E-state index is 14.4. The Kier molecular flexibility index (Phi) is 6.19. The Hall–Kier alpha value is -1.24. The van der Waals surface area contributed by atoms with Gasteiger partial charge in [0.15, 0.2) is 5.78 Å². The smallest absolute Gasteiger partial charge is 0.312 e. The highest BCUT2D eigenvalue weighted by molar-refractivity contribution is 5.96.